The lowest BCUT2D eigenvalue weighted by Crippen LogP contribution is -2.22. The summed E-state index contributed by atoms with van der Waals surface area (Å²) in [6, 6.07) is 12.3. The zero-order chi connectivity index (χ0) is 15.7. The Kier molecular flexibility index (Phi) is 4.00. The van der Waals surface area contributed by atoms with Crippen LogP contribution in [0.25, 0.3) is 10.2 Å². The molecule has 0 aliphatic heterocycles. The van der Waals surface area contributed by atoms with Gasteiger partial charge in [-0.05, 0) is 42.8 Å². The highest BCUT2D eigenvalue weighted by Crippen LogP contribution is 2.21. The highest BCUT2D eigenvalue weighted by molar-refractivity contribution is 7.16. The number of rotatable bonds is 3. The first kappa shape index (κ1) is 14.8. The Bertz CT molecular complexity index is 913. The highest BCUT2D eigenvalue weighted by atomic mass is 35.5. The first-order chi connectivity index (χ1) is 10.5. The Balaban J connectivity index is 1.82. The van der Waals surface area contributed by atoms with E-state index in [-0.39, 0.29) is 11.4 Å². The molecule has 1 heterocycles. The molecular weight excluding hydrogens is 322 g/mol. The minimum atomic E-state index is -0.493. The summed E-state index contributed by atoms with van der Waals surface area (Å²) in [5.74, 6) is -0.0770. The van der Waals surface area contributed by atoms with Crippen molar-refractivity contribution >= 4 is 39.1 Å². The molecule has 2 aromatic carbocycles. The van der Waals surface area contributed by atoms with Gasteiger partial charge in [0.25, 0.3) is 0 Å². The van der Waals surface area contributed by atoms with Crippen molar-refractivity contribution in [2.45, 2.75) is 13.5 Å². The molecule has 0 fully saturated rings. The second-order valence-corrected chi connectivity index (χ2v) is 6.21. The van der Waals surface area contributed by atoms with Crippen molar-refractivity contribution in [3.63, 3.8) is 0 Å². The number of para-hydroxylation sites is 1. The zero-order valence-corrected chi connectivity index (χ0v) is 13.3. The summed E-state index contributed by atoms with van der Waals surface area (Å²) in [5.41, 5.74) is 1.56. The maximum Gasteiger partial charge on any atom is 0.331 e. The third-order valence-corrected chi connectivity index (χ3v) is 4.61. The molecule has 0 unspecified atom stereocenters. The third kappa shape index (κ3) is 2.91. The van der Waals surface area contributed by atoms with Crippen molar-refractivity contribution in [3.05, 3.63) is 62.7 Å². The van der Waals surface area contributed by atoms with Crippen LogP contribution in [0.2, 0.25) is 5.02 Å². The SMILES string of the molecule is Cc1cc(OC(=O)Cn2c(=O)sc3ccccc32)ccc1Cl. The summed E-state index contributed by atoms with van der Waals surface area (Å²) < 4.78 is 7.55. The van der Waals surface area contributed by atoms with Gasteiger partial charge >= 0.3 is 10.8 Å². The second kappa shape index (κ2) is 5.94. The van der Waals surface area contributed by atoms with Crippen LogP contribution in [0.4, 0.5) is 0 Å². The first-order valence-electron chi connectivity index (χ1n) is 6.60. The van der Waals surface area contributed by atoms with Gasteiger partial charge in [-0.15, -0.1) is 0 Å². The van der Waals surface area contributed by atoms with Gasteiger partial charge in [-0.2, -0.15) is 0 Å². The minimum absolute atomic E-state index is 0.121. The molecule has 0 aliphatic rings. The van der Waals surface area contributed by atoms with Crippen LogP contribution in [0.1, 0.15) is 5.56 Å². The van der Waals surface area contributed by atoms with E-state index in [1.807, 2.05) is 31.2 Å². The second-order valence-electron chi connectivity index (χ2n) is 4.81. The van der Waals surface area contributed by atoms with Crippen molar-refractivity contribution in [2.24, 2.45) is 0 Å². The van der Waals surface area contributed by atoms with Crippen molar-refractivity contribution in [2.75, 3.05) is 0 Å². The molecule has 0 bridgehead atoms. The molecule has 0 spiro atoms. The van der Waals surface area contributed by atoms with E-state index in [1.165, 1.54) is 4.57 Å². The van der Waals surface area contributed by atoms with E-state index in [0.29, 0.717) is 10.8 Å². The third-order valence-electron chi connectivity index (χ3n) is 3.22. The summed E-state index contributed by atoms with van der Waals surface area (Å²) in [6.07, 6.45) is 0. The molecule has 4 nitrogen and oxygen atoms in total. The fraction of sp³-hybridized carbons (Fsp3) is 0.125. The number of carbonyl (C=O) groups excluding carboxylic acids is 1. The molecule has 0 amide bonds. The van der Waals surface area contributed by atoms with Crippen molar-refractivity contribution < 1.29 is 9.53 Å². The minimum Gasteiger partial charge on any atom is -0.425 e. The number of ether oxygens (including phenoxy) is 1. The van der Waals surface area contributed by atoms with Gasteiger partial charge in [-0.1, -0.05) is 35.1 Å². The maximum absolute atomic E-state index is 12.1. The maximum atomic E-state index is 12.1. The summed E-state index contributed by atoms with van der Waals surface area (Å²) in [6.45, 7) is 1.71. The van der Waals surface area contributed by atoms with E-state index >= 15 is 0 Å². The van der Waals surface area contributed by atoms with E-state index in [0.717, 1.165) is 27.1 Å². The summed E-state index contributed by atoms with van der Waals surface area (Å²) in [7, 11) is 0. The van der Waals surface area contributed by atoms with Crippen LogP contribution in [0.5, 0.6) is 5.75 Å². The summed E-state index contributed by atoms with van der Waals surface area (Å²) in [5, 5.41) is 0.611. The van der Waals surface area contributed by atoms with E-state index in [9.17, 15) is 9.59 Å². The van der Waals surface area contributed by atoms with Crippen LogP contribution < -0.4 is 9.61 Å². The molecule has 0 atom stereocenters. The van der Waals surface area contributed by atoms with Gasteiger partial charge in [0.2, 0.25) is 0 Å². The van der Waals surface area contributed by atoms with Crippen molar-refractivity contribution in [1.82, 2.24) is 4.57 Å². The van der Waals surface area contributed by atoms with Crippen LogP contribution in [-0.2, 0) is 11.3 Å². The number of halogens is 1. The highest BCUT2D eigenvalue weighted by Gasteiger charge is 2.13. The average molecular weight is 334 g/mol. The summed E-state index contributed by atoms with van der Waals surface area (Å²) >= 11 is 7.05. The Morgan fingerprint density at radius 3 is 2.82 bits per heavy atom. The number of fused-ring (bicyclic) bond motifs is 1. The van der Waals surface area contributed by atoms with Crippen molar-refractivity contribution in [3.8, 4) is 5.75 Å². The van der Waals surface area contributed by atoms with Gasteiger partial charge in [-0.25, -0.2) is 4.79 Å². The van der Waals surface area contributed by atoms with Gasteiger partial charge in [0.05, 0.1) is 10.2 Å². The standard InChI is InChI=1S/C16H12ClNO3S/c1-10-8-11(6-7-12(10)17)21-15(19)9-18-13-4-2-3-5-14(13)22-16(18)20/h2-8H,9H2,1H3. The number of esters is 1. The molecule has 6 heteroatoms. The van der Waals surface area contributed by atoms with E-state index in [4.69, 9.17) is 16.3 Å². The molecule has 0 aliphatic carbocycles. The van der Waals surface area contributed by atoms with Crippen LogP contribution in [-0.4, -0.2) is 10.5 Å². The summed E-state index contributed by atoms with van der Waals surface area (Å²) in [4.78, 5) is 23.9. The van der Waals surface area contributed by atoms with Crippen molar-refractivity contribution in [1.29, 1.82) is 0 Å². The predicted molar refractivity (Wildman–Crippen MR) is 87.9 cm³/mol. The fourth-order valence-electron chi connectivity index (χ4n) is 2.14. The van der Waals surface area contributed by atoms with E-state index in [1.54, 1.807) is 18.2 Å². The lowest BCUT2D eigenvalue weighted by Gasteiger charge is -2.07. The van der Waals surface area contributed by atoms with Gasteiger partial charge in [0, 0.05) is 5.02 Å². The zero-order valence-electron chi connectivity index (χ0n) is 11.7. The molecule has 0 radical (unpaired) electrons. The smallest absolute Gasteiger partial charge is 0.331 e. The lowest BCUT2D eigenvalue weighted by molar-refractivity contribution is -0.135. The topological polar surface area (TPSA) is 48.3 Å². The lowest BCUT2D eigenvalue weighted by atomic mass is 10.2. The number of hydrogen-bond acceptors (Lipinski definition) is 4. The molecule has 3 aromatic rings. The molecule has 3 rings (SSSR count). The number of hydrogen-bond donors (Lipinski definition) is 0. The predicted octanol–water partition coefficient (Wildman–Crippen LogP) is 3.63. The Hall–Kier alpha value is -2.11. The normalized spacial score (nSPS) is 10.8. The number of benzene rings is 2. The molecule has 0 N–H and O–H groups in total. The molecular formula is C16H12ClNO3S. The quantitative estimate of drug-likeness (QED) is 0.543. The van der Waals surface area contributed by atoms with Crippen LogP contribution >= 0.6 is 22.9 Å². The van der Waals surface area contributed by atoms with Gasteiger partial charge in [0.15, 0.2) is 0 Å². The Morgan fingerprint density at radius 1 is 1.27 bits per heavy atom. The Labute approximate surface area is 135 Å². The van der Waals surface area contributed by atoms with Gasteiger partial charge in [0.1, 0.15) is 12.3 Å². The molecule has 22 heavy (non-hydrogen) atoms. The number of carbonyl (C=O) groups is 1. The average Bonchev–Trinajstić information content (AvgIpc) is 2.79. The molecule has 0 saturated heterocycles. The van der Waals surface area contributed by atoms with E-state index in [2.05, 4.69) is 0 Å². The first-order valence-corrected chi connectivity index (χ1v) is 7.79. The molecule has 112 valence electrons. The number of nitrogens with zero attached hydrogens (tertiary/aromatic N) is 1. The number of thiazole rings is 1. The number of aryl methyl sites for hydroxylation is 1. The fourth-order valence-corrected chi connectivity index (χ4v) is 3.15. The van der Waals surface area contributed by atoms with Crippen LogP contribution in [0.3, 0.4) is 0 Å². The number of aromatic nitrogens is 1. The largest absolute Gasteiger partial charge is 0.425 e. The van der Waals surface area contributed by atoms with E-state index < -0.39 is 5.97 Å². The van der Waals surface area contributed by atoms with Gasteiger partial charge < -0.3 is 4.74 Å². The van der Waals surface area contributed by atoms with Crippen LogP contribution in [0, 0.1) is 6.92 Å². The monoisotopic (exact) mass is 333 g/mol. The van der Waals surface area contributed by atoms with Crippen LogP contribution in [0.15, 0.2) is 47.3 Å². The Morgan fingerprint density at radius 2 is 2.05 bits per heavy atom. The molecule has 1 aromatic heterocycles. The van der Waals surface area contributed by atoms with Gasteiger partial charge in [-0.3, -0.25) is 9.36 Å². The molecule has 0 saturated carbocycles.